The highest BCUT2D eigenvalue weighted by atomic mass is 79.9. The van der Waals surface area contributed by atoms with Crippen molar-refractivity contribution in [2.24, 2.45) is 5.92 Å². The number of rotatable bonds is 9. The van der Waals surface area contributed by atoms with Gasteiger partial charge in [0.15, 0.2) is 5.60 Å². The summed E-state index contributed by atoms with van der Waals surface area (Å²) in [5.74, 6) is -3.57. The smallest absolute Gasteiger partial charge is 0.343 e. The van der Waals surface area contributed by atoms with Gasteiger partial charge in [0.25, 0.3) is 5.82 Å². The van der Waals surface area contributed by atoms with Crippen LogP contribution < -0.4 is 21.5 Å². The zero-order valence-electron chi connectivity index (χ0n) is 18.1. The van der Waals surface area contributed by atoms with Crippen molar-refractivity contribution in [3.63, 3.8) is 0 Å². The summed E-state index contributed by atoms with van der Waals surface area (Å²) in [4.78, 5) is 13.0. The first-order valence-electron chi connectivity index (χ1n) is 10.7. The number of hydrogen-bond donors (Lipinski definition) is 1. The van der Waals surface area contributed by atoms with Crippen molar-refractivity contribution in [2.45, 2.75) is 70.6 Å². The number of carbonyl (C=O) groups excluding carboxylic acids is 1. The standard InChI is InChI=1S/C23H31F2N2O3.BrH/c1-3-4-12-26-13-14-27(18(26)2)15-16-30-21(28)23(29,19-8-6-5-7-9-19)20-10-11-22(24,25)17-20;/h5-9,13-14,20,29H,3-4,10-12,15-17H2,1-2H3;1H/q+1;/p-1/t20-,23+;/m1./s1. The Bertz CT molecular complexity index is 860. The van der Waals surface area contributed by atoms with Crippen LogP contribution in [0.25, 0.3) is 0 Å². The van der Waals surface area contributed by atoms with Crippen molar-refractivity contribution in [1.82, 2.24) is 4.57 Å². The zero-order chi connectivity index (χ0) is 21.8. The van der Waals surface area contributed by atoms with Crippen LogP contribution in [0.5, 0.6) is 0 Å². The SMILES string of the molecule is CCCC[n+]1ccn(CCOC(=O)[C@](O)(c2ccccc2)[C@@H]2CCC(F)(F)C2)c1C.[Br-]. The van der Waals surface area contributed by atoms with Crippen LogP contribution in [0.4, 0.5) is 8.78 Å². The van der Waals surface area contributed by atoms with Gasteiger partial charge in [-0.15, -0.1) is 0 Å². The van der Waals surface area contributed by atoms with Crippen molar-refractivity contribution < 1.29 is 45.0 Å². The molecule has 1 aromatic carbocycles. The Morgan fingerprint density at radius 3 is 2.68 bits per heavy atom. The molecule has 0 radical (unpaired) electrons. The van der Waals surface area contributed by atoms with E-state index in [9.17, 15) is 18.7 Å². The van der Waals surface area contributed by atoms with Gasteiger partial charge >= 0.3 is 5.97 Å². The maximum atomic E-state index is 13.8. The Morgan fingerprint density at radius 1 is 1.35 bits per heavy atom. The molecule has 0 unspecified atom stereocenters. The molecule has 1 heterocycles. The van der Waals surface area contributed by atoms with Crippen LogP contribution in [0.15, 0.2) is 42.7 Å². The predicted molar refractivity (Wildman–Crippen MR) is 108 cm³/mol. The van der Waals surface area contributed by atoms with E-state index in [1.54, 1.807) is 30.3 Å². The molecular formula is C23H31BrF2N2O3. The molecule has 2 atom stereocenters. The van der Waals surface area contributed by atoms with Gasteiger partial charge in [0.2, 0.25) is 5.92 Å². The number of aryl methyl sites for hydroxylation is 1. The molecule has 1 fully saturated rings. The van der Waals surface area contributed by atoms with Crippen LogP contribution in [0, 0.1) is 12.8 Å². The highest BCUT2D eigenvalue weighted by Crippen LogP contribution is 2.47. The Morgan fingerprint density at radius 2 is 2.06 bits per heavy atom. The van der Waals surface area contributed by atoms with Gasteiger partial charge in [0.1, 0.15) is 25.5 Å². The maximum absolute atomic E-state index is 13.8. The Hall–Kier alpha value is -1.80. The quantitative estimate of drug-likeness (QED) is 0.408. The van der Waals surface area contributed by atoms with E-state index in [-0.39, 0.29) is 36.4 Å². The second-order valence-corrected chi connectivity index (χ2v) is 8.15. The summed E-state index contributed by atoms with van der Waals surface area (Å²) in [5.41, 5.74) is -1.78. The molecule has 0 aliphatic heterocycles. The average molecular weight is 501 g/mol. The lowest BCUT2D eigenvalue weighted by Crippen LogP contribution is -3.00. The summed E-state index contributed by atoms with van der Waals surface area (Å²) >= 11 is 0. The molecule has 0 amide bonds. The van der Waals surface area contributed by atoms with Gasteiger partial charge in [-0.05, 0) is 18.4 Å². The fourth-order valence-corrected chi connectivity index (χ4v) is 4.21. The molecule has 1 aliphatic carbocycles. The van der Waals surface area contributed by atoms with Crippen LogP contribution in [-0.2, 0) is 28.2 Å². The molecule has 0 saturated heterocycles. The van der Waals surface area contributed by atoms with Crippen LogP contribution in [0.3, 0.4) is 0 Å². The van der Waals surface area contributed by atoms with Gasteiger partial charge in [-0.2, -0.15) is 0 Å². The number of imidazole rings is 1. The minimum atomic E-state index is -2.87. The number of benzene rings is 1. The minimum Gasteiger partial charge on any atom is -1.00 e. The third-order valence-corrected chi connectivity index (χ3v) is 6.10. The van der Waals surface area contributed by atoms with Crippen molar-refractivity contribution in [3.8, 4) is 0 Å². The first kappa shape index (κ1) is 25.5. The van der Waals surface area contributed by atoms with Crippen LogP contribution in [-0.4, -0.2) is 28.2 Å². The average Bonchev–Trinajstić information content (AvgIpc) is 3.28. The zero-order valence-corrected chi connectivity index (χ0v) is 19.7. The summed E-state index contributed by atoms with van der Waals surface area (Å²) in [6, 6.07) is 8.29. The van der Waals surface area contributed by atoms with E-state index in [2.05, 4.69) is 11.5 Å². The fourth-order valence-electron chi connectivity index (χ4n) is 4.21. The molecule has 1 saturated carbocycles. The van der Waals surface area contributed by atoms with E-state index in [4.69, 9.17) is 4.74 Å². The lowest BCUT2D eigenvalue weighted by molar-refractivity contribution is -0.702. The van der Waals surface area contributed by atoms with E-state index in [0.717, 1.165) is 25.2 Å². The lowest BCUT2D eigenvalue weighted by Gasteiger charge is -2.32. The second kappa shape index (κ2) is 10.7. The molecule has 31 heavy (non-hydrogen) atoms. The van der Waals surface area contributed by atoms with Gasteiger partial charge in [-0.25, -0.2) is 22.7 Å². The van der Waals surface area contributed by atoms with E-state index in [1.165, 1.54) is 0 Å². The fraction of sp³-hybridized carbons (Fsp3) is 0.565. The lowest BCUT2D eigenvalue weighted by atomic mass is 9.80. The minimum absolute atomic E-state index is 0. The number of aromatic nitrogens is 2. The van der Waals surface area contributed by atoms with Crippen molar-refractivity contribution in [1.29, 1.82) is 0 Å². The molecule has 3 rings (SSSR count). The van der Waals surface area contributed by atoms with E-state index >= 15 is 0 Å². The summed E-state index contributed by atoms with van der Waals surface area (Å²) in [7, 11) is 0. The number of unbranched alkanes of at least 4 members (excludes halogenated alkanes) is 1. The predicted octanol–water partition coefficient (Wildman–Crippen LogP) is 0.755. The first-order chi connectivity index (χ1) is 14.3. The number of ether oxygens (including phenoxy) is 1. The van der Waals surface area contributed by atoms with Crippen LogP contribution >= 0.6 is 0 Å². The van der Waals surface area contributed by atoms with Crippen molar-refractivity contribution in [2.75, 3.05) is 6.61 Å². The Balaban J connectivity index is 0.00000341. The summed E-state index contributed by atoms with van der Waals surface area (Å²) in [5, 5.41) is 11.3. The second-order valence-electron chi connectivity index (χ2n) is 8.15. The topological polar surface area (TPSA) is 55.3 Å². The van der Waals surface area contributed by atoms with E-state index in [1.807, 2.05) is 23.9 Å². The molecule has 5 nitrogen and oxygen atoms in total. The maximum Gasteiger partial charge on any atom is 0.343 e. The molecule has 1 aliphatic rings. The van der Waals surface area contributed by atoms with Crippen LogP contribution in [0.2, 0.25) is 0 Å². The van der Waals surface area contributed by atoms with E-state index < -0.39 is 29.8 Å². The van der Waals surface area contributed by atoms with Gasteiger partial charge in [0, 0.05) is 25.7 Å². The van der Waals surface area contributed by atoms with E-state index in [0.29, 0.717) is 12.1 Å². The number of alkyl halides is 2. The molecular weight excluding hydrogens is 470 g/mol. The summed E-state index contributed by atoms with van der Waals surface area (Å²) < 4.78 is 37.2. The van der Waals surface area contributed by atoms with Gasteiger partial charge < -0.3 is 26.8 Å². The number of aliphatic hydroxyl groups is 1. The number of nitrogens with zero attached hydrogens (tertiary/aromatic N) is 2. The monoisotopic (exact) mass is 500 g/mol. The number of esters is 1. The van der Waals surface area contributed by atoms with Gasteiger partial charge in [-0.1, -0.05) is 43.7 Å². The number of hydrogen-bond acceptors (Lipinski definition) is 3. The molecule has 0 spiro atoms. The molecule has 1 aromatic heterocycles. The highest BCUT2D eigenvalue weighted by Gasteiger charge is 2.54. The Kier molecular flexibility index (Phi) is 8.77. The molecule has 8 heteroatoms. The van der Waals surface area contributed by atoms with Crippen molar-refractivity contribution in [3.05, 3.63) is 54.1 Å². The molecule has 1 N–H and O–H groups in total. The van der Waals surface area contributed by atoms with Crippen molar-refractivity contribution >= 4 is 5.97 Å². The summed E-state index contributed by atoms with van der Waals surface area (Å²) in [6.45, 7) is 5.56. The molecule has 2 aromatic rings. The first-order valence-corrected chi connectivity index (χ1v) is 10.7. The number of carbonyl (C=O) groups is 1. The molecule has 172 valence electrons. The van der Waals surface area contributed by atoms with Crippen LogP contribution in [0.1, 0.15) is 50.4 Å². The number of halogens is 3. The molecule has 0 bridgehead atoms. The Labute approximate surface area is 192 Å². The third kappa shape index (κ3) is 5.71. The van der Waals surface area contributed by atoms with Gasteiger partial charge in [-0.3, -0.25) is 0 Å². The normalized spacial score (nSPS) is 19.5. The largest absolute Gasteiger partial charge is 1.00 e. The third-order valence-electron chi connectivity index (χ3n) is 6.10. The van der Waals surface area contributed by atoms with Gasteiger partial charge in [0.05, 0.1) is 6.54 Å². The summed E-state index contributed by atoms with van der Waals surface area (Å²) in [6.07, 6.45) is 5.32. The highest BCUT2D eigenvalue weighted by molar-refractivity contribution is 5.81.